The Morgan fingerprint density at radius 2 is 1.21 bits per heavy atom. The third-order valence-electron chi connectivity index (χ3n) is 10.2. The van der Waals surface area contributed by atoms with Gasteiger partial charge in [0.05, 0.1) is 5.52 Å². The summed E-state index contributed by atoms with van der Waals surface area (Å²) in [6.45, 7) is 6.73. The van der Waals surface area contributed by atoms with Gasteiger partial charge in [0, 0.05) is 11.6 Å². The number of hydrogen-bond acceptors (Lipinski definition) is 1. The van der Waals surface area contributed by atoms with Gasteiger partial charge in [0.25, 0.3) is 0 Å². The highest BCUT2D eigenvalue weighted by Crippen LogP contribution is 2.36. The molecule has 6 rings (SSSR count). The predicted octanol–water partition coefficient (Wildman–Crippen LogP) is 11.0. The standard InChI is InChI=1S/C38H47N/c1-26-20-32(16-14-29-10-6-4-7-11-29)37-24-34(31-18-19-38-35(23-31)28(3)27(2)25-39-38)22-33(36(37)21-26)17-15-30-12-8-5-9-13-30/h18-25,29-30H,4-17H2,1-3H3. The van der Waals surface area contributed by atoms with Crippen LogP contribution in [0.25, 0.3) is 32.8 Å². The van der Waals surface area contributed by atoms with E-state index < -0.39 is 0 Å². The summed E-state index contributed by atoms with van der Waals surface area (Å²) in [5.41, 5.74) is 11.0. The first-order valence-corrected chi connectivity index (χ1v) is 16.0. The van der Waals surface area contributed by atoms with Crippen LogP contribution >= 0.6 is 0 Å². The quantitative estimate of drug-likeness (QED) is 0.237. The molecular weight excluding hydrogens is 470 g/mol. The van der Waals surface area contributed by atoms with E-state index in [-0.39, 0.29) is 0 Å². The monoisotopic (exact) mass is 517 g/mol. The number of nitrogens with zero attached hydrogens (tertiary/aromatic N) is 1. The first-order chi connectivity index (χ1) is 19.0. The maximum atomic E-state index is 4.72. The molecular formula is C38H47N. The lowest BCUT2D eigenvalue weighted by Gasteiger charge is -2.23. The second-order valence-corrected chi connectivity index (χ2v) is 13.0. The molecule has 0 aliphatic heterocycles. The molecule has 1 aromatic heterocycles. The van der Waals surface area contributed by atoms with Crippen LogP contribution in [0.2, 0.25) is 0 Å². The van der Waals surface area contributed by atoms with E-state index in [1.165, 1.54) is 134 Å². The second kappa shape index (κ2) is 11.8. The second-order valence-electron chi connectivity index (χ2n) is 13.0. The number of aromatic nitrogens is 1. The summed E-state index contributed by atoms with van der Waals surface area (Å²) in [6, 6.07) is 17.0. The Labute approximate surface area is 236 Å². The van der Waals surface area contributed by atoms with E-state index in [1.807, 2.05) is 6.20 Å². The lowest BCUT2D eigenvalue weighted by Crippen LogP contribution is -2.08. The molecule has 3 aromatic carbocycles. The SMILES string of the molecule is Cc1cc(CCC2CCCCC2)c2cc(-c3ccc4ncc(C)c(C)c4c3)cc(CCC3CCCCC3)c2c1. The zero-order chi connectivity index (χ0) is 26.8. The van der Waals surface area contributed by atoms with Crippen molar-refractivity contribution in [1.82, 2.24) is 4.98 Å². The van der Waals surface area contributed by atoms with Crippen LogP contribution in [-0.2, 0) is 12.8 Å². The van der Waals surface area contributed by atoms with Gasteiger partial charge in [0.15, 0.2) is 0 Å². The summed E-state index contributed by atoms with van der Waals surface area (Å²) in [7, 11) is 0. The van der Waals surface area contributed by atoms with Crippen molar-refractivity contribution in [2.24, 2.45) is 11.8 Å². The van der Waals surface area contributed by atoms with Crippen LogP contribution in [0.15, 0.2) is 48.7 Å². The number of aryl methyl sites for hydroxylation is 5. The largest absolute Gasteiger partial charge is 0.256 e. The molecule has 0 spiro atoms. The van der Waals surface area contributed by atoms with Crippen LogP contribution in [-0.4, -0.2) is 4.98 Å². The van der Waals surface area contributed by atoms with Crippen molar-refractivity contribution in [2.45, 2.75) is 111 Å². The van der Waals surface area contributed by atoms with Crippen LogP contribution < -0.4 is 0 Å². The third kappa shape index (κ3) is 5.93. The summed E-state index contributed by atoms with van der Waals surface area (Å²) in [5, 5.41) is 4.31. The molecule has 0 atom stereocenters. The topological polar surface area (TPSA) is 12.9 Å². The summed E-state index contributed by atoms with van der Waals surface area (Å²) < 4.78 is 0. The highest BCUT2D eigenvalue weighted by molar-refractivity contribution is 5.95. The number of rotatable bonds is 7. The number of benzene rings is 3. The summed E-state index contributed by atoms with van der Waals surface area (Å²) in [6.07, 6.45) is 21.5. The Morgan fingerprint density at radius 1 is 0.615 bits per heavy atom. The van der Waals surface area contributed by atoms with E-state index in [1.54, 1.807) is 11.1 Å². The molecule has 0 saturated heterocycles. The number of hydrogen-bond donors (Lipinski definition) is 0. The minimum Gasteiger partial charge on any atom is -0.256 e. The Kier molecular flexibility index (Phi) is 8.05. The molecule has 204 valence electrons. The molecule has 1 heterocycles. The van der Waals surface area contributed by atoms with Crippen molar-refractivity contribution < 1.29 is 0 Å². The average Bonchev–Trinajstić information content (AvgIpc) is 2.97. The van der Waals surface area contributed by atoms with E-state index in [9.17, 15) is 0 Å². The lowest BCUT2D eigenvalue weighted by molar-refractivity contribution is 0.339. The highest BCUT2D eigenvalue weighted by atomic mass is 14.6. The summed E-state index contributed by atoms with van der Waals surface area (Å²) >= 11 is 0. The van der Waals surface area contributed by atoms with Gasteiger partial charge in [-0.1, -0.05) is 94.0 Å². The molecule has 2 fully saturated rings. The molecule has 0 amide bonds. The molecule has 2 saturated carbocycles. The first kappa shape index (κ1) is 26.5. The van der Waals surface area contributed by atoms with Crippen molar-refractivity contribution in [3.05, 3.63) is 76.5 Å². The van der Waals surface area contributed by atoms with Crippen molar-refractivity contribution >= 4 is 21.7 Å². The van der Waals surface area contributed by atoms with Gasteiger partial charge in [-0.05, 0) is 121 Å². The maximum Gasteiger partial charge on any atom is 0.0705 e. The minimum absolute atomic E-state index is 0.908. The smallest absolute Gasteiger partial charge is 0.0705 e. The van der Waals surface area contributed by atoms with E-state index in [0.717, 1.165) is 17.4 Å². The Balaban J connectivity index is 1.42. The maximum absolute atomic E-state index is 4.72. The van der Waals surface area contributed by atoms with E-state index in [2.05, 4.69) is 63.2 Å². The Hall–Kier alpha value is -2.67. The van der Waals surface area contributed by atoms with E-state index in [4.69, 9.17) is 4.98 Å². The van der Waals surface area contributed by atoms with Crippen LogP contribution in [0, 0.1) is 32.6 Å². The predicted molar refractivity (Wildman–Crippen MR) is 169 cm³/mol. The first-order valence-electron chi connectivity index (χ1n) is 16.0. The van der Waals surface area contributed by atoms with Crippen LogP contribution in [0.4, 0.5) is 0 Å². The van der Waals surface area contributed by atoms with Crippen LogP contribution in [0.5, 0.6) is 0 Å². The van der Waals surface area contributed by atoms with Crippen molar-refractivity contribution in [3.8, 4) is 11.1 Å². The molecule has 0 radical (unpaired) electrons. The van der Waals surface area contributed by atoms with Crippen LogP contribution in [0.1, 0.15) is 105 Å². The fourth-order valence-electron chi connectivity index (χ4n) is 7.63. The molecule has 0 bridgehead atoms. The van der Waals surface area contributed by atoms with Gasteiger partial charge in [0.2, 0.25) is 0 Å². The zero-order valence-electron chi connectivity index (χ0n) is 24.6. The third-order valence-corrected chi connectivity index (χ3v) is 10.2. The molecule has 1 nitrogen and oxygen atoms in total. The van der Waals surface area contributed by atoms with Gasteiger partial charge >= 0.3 is 0 Å². The van der Waals surface area contributed by atoms with Crippen LogP contribution in [0.3, 0.4) is 0 Å². The molecule has 0 N–H and O–H groups in total. The van der Waals surface area contributed by atoms with Gasteiger partial charge in [-0.2, -0.15) is 0 Å². The summed E-state index contributed by atoms with van der Waals surface area (Å²) in [4.78, 5) is 4.72. The van der Waals surface area contributed by atoms with Gasteiger partial charge in [-0.25, -0.2) is 0 Å². The molecule has 4 aromatic rings. The van der Waals surface area contributed by atoms with Crippen molar-refractivity contribution in [1.29, 1.82) is 0 Å². The molecule has 1 heteroatoms. The number of pyridine rings is 1. The fourth-order valence-corrected chi connectivity index (χ4v) is 7.63. The molecule has 0 unspecified atom stereocenters. The van der Waals surface area contributed by atoms with Crippen molar-refractivity contribution in [2.75, 3.05) is 0 Å². The van der Waals surface area contributed by atoms with Crippen molar-refractivity contribution in [3.63, 3.8) is 0 Å². The van der Waals surface area contributed by atoms with Gasteiger partial charge in [0.1, 0.15) is 0 Å². The Bertz CT molecular complexity index is 1450. The minimum atomic E-state index is 0.908. The zero-order valence-corrected chi connectivity index (χ0v) is 24.6. The molecule has 2 aliphatic rings. The highest BCUT2D eigenvalue weighted by Gasteiger charge is 2.18. The summed E-state index contributed by atoms with van der Waals surface area (Å²) in [5.74, 6) is 1.83. The van der Waals surface area contributed by atoms with E-state index >= 15 is 0 Å². The number of fused-ring (bicyclic) bond motifs is 2. The van der Waals surface area contributed by atoms with Gasteiger partial charge in [-0.15, -0.1) is 0 Å². The fraction of sp³-hybridized carbons (Fsp3) is 0.500. The van der Waals surface area contributed by atoms with Gasteiger partial charge < -0.3 is 0 Å². The molecule has 39 heavy (non-hydrogen) atoms. The van der Waals surface area contributed by atoms with E-state index in [0.29, 0.717) is 0 Å². The lowest BCUT2D eigenvalue weighted by atomic mass is 9.82. The normalized spacial score (nSPS) is 17.3. The van der Waals surface area contributed by atoms with Gasteiger partial charge in [-0.3, -0.25) is 4.98 Å². The molecule has 2 aliphatic carbocycles. The average molecular weight is 518 g/mol. The Morgan fingerprint density at radius 3 is 1.87 bits per heavy atom.